The molecular formula is C15H23FN2O. The number of halogens is 1. The summed E-state index contributed by atoms with van der Waals surface area (Å²) >= 11 is 0. The van der Waals surface area contributed by atoms with Crippen molar-refractivity contribution in [3.8, 4) is 5.75 Å². The van der Waals surface area contributed by atoms with E-state index in [0.717, 1.165) is 38.0 Å². The minimum atomic E-state index is -0.535. The number of nitrogens with one attached hydrogen (secondary N) is 1. The van der Waals surface area contributed by atoms with Gasteiger partial charge in [-0.05, 0) is 30.5 Å². The molecule has 106 valence electrons. The molecule has 2 unspecified atom stereocenters. The van der Waals surface area contributed by atoms with Crippen molar-refractivity contribution in [2.75, 3.05) is 13.1 Å². The number of benzene rings is 1. The number of hydrogen-bond acceptors (Lipinski definition) is 3. The molecule has 0 bridgehead atoms. The molecule has 1 saturated heterocycles. The number of hydrogen-bond donors (Lipinski definition) is 2. The molecule has 0 radical (unpaired) electrons. The zero-order valence-electron chi connectivity index (χ0n) is 11.7. The van der Waals surface area contributed by atoms with Crippen LogP contribution < -0.4 is 5.32 Å². The summed E-state index contributed by atoms with van der Waals surface area (Å²) < 4.78 is 13.4. The molecule has 1 heterocycles. The maximum Gasteiger partial charge on any atom is 0.165 e. The summed E-state index contributed by atoms with van der Waals surface area (Å²) in [5, 5.41) is 12.8. The Morgan fingerprint density at radius 3 is 2.79 bits per heavy atom. The lowest BCUT2D eigenvalue weighted by atomic mass is 10.0. The second kappa shape index (κ2) is 6.35. The van der Waals surface area contributed by atoms with Gasteiger partial charge in [0.25, 0.3) is 0 Å². The van der Waals surface area contributed by atoms with Crippen LogP contribution in [-0.2, 0) is 6.54 Å². The molecule has 0 amide bonds. The normalized spacial score (nSPS) is 24.6. The van der Waals surface area contributed by atoms with Crippen molar-refractivity contribution < 1.29 is 9.50 Å². The number of rotatable bonds is 4. The van der Waals surface area contributed by atoms with Gasteiger partial charge in [-0.2, -0.15) is 0 Å². The number of phenols is 1. The summed E-state index contributed by atoms with van der Waals surface area (Å²) in [6.07, 6.45) is 2.20. The number of aromatic hydroxyl groups is 1. The number of nitrogens with zero attached hydrogens (tertiary/aromatic N) is 1. The molecule has 0 saturated carbocycles. The van der Waals surface area contributed by atoms with Crippen LogP contribution in [0.25, 0.3) is 0 Å². The molecule has 3 nitrogen and oxygen atoms in total. The van der Waals surface area contributed by atoms with Gasteiger partial charge < -0.3 is 10.4 Å². The van der Waals surface area contributed by atoms with E-state index < -0.39 is 5.82 Å². The fourth-order valence-corrected chi connectivity index (χ4v) is 2.68. The molecule has 19 heavy (non-hydrogen) atoms. The molecule has 4 heteroatoms. The van der Waals surface area contributed by atoms with Crippen LogP contribution in [0.5, 0.6) is 5.75 Å². The Labute approximate surface area is 114 Å². The highest BCUT2D eigenvalue weighted by Gasteiger charge is 2.25. The van der Waals surface area contributed by atoms with Crippen LogP contribution in [0.4, 0.5) is 4.39 Å². The average molecular weight is 266 g/mol. The van der Waals surface area contributed by atoms with Crippen molar-refractivity contribution >= 4 is 0 Å². The largest absolute Gasteiger partial charge is 0.505 e. The van der Waals surface area contributed by atoms with Crippen LogP contribution in [0.3, 0.4) is 0 Å². The lowest BCUT2D eigenvalue weighted by molar-refractivity contribution is 0.117. The predicted molar refractivity (Wildman–Crippen MR) is 74.6 cm³/mol. The zero-order chi connectivity index (χ0) is 13.8. The first-order valence-electron chi connectivity index (χ1n) is 7.08. The topological polar surface area (TPSA) is 35.5 Å². The minimum absolute atomic E-state index is 0.275. The van der Waals surface area contributed by atoms with Gasteiger partial charge in [-0.3, -0.25) is 4.90 Å². The van der Waals surface area contributed by atoms with Gasteiger partial charge >= 0.3 is 0 Å². The fourth-order valence-electron chi connectivity index (χ4n) is 2.68. The monoisotopic (exact) mass is 266 g/mol. The maximum atomic E-state index is 13.4. The van der Waals surface area contributed by atoms with E-state index >= 15 is 0 Å². The van der Waals surface area contributed by atoms with E-state index in [4.69, 9.17) is 0 Å². The summed E-state index contributed by atoms with van der Waals surface area (Å²) in [5.41, 5.74) is 0.922. The third-order valence-corrected chi connectivity index (χ3v) is 3.98. The van der Waals surface area contributed by atoms with Crippen molar-refractivity contribution in [1.29, 1.82) is 0 Å². The summed E-state index contributed by atoms with van der Waals surface area (Å²) in [5.74, 6) is -0.810. The zero-order valence-corrected chi connectivity index (χ0v) is 11.7. The standard InChI is InChI=1S/C15H23FN2O/c1-3-12-10-18(13(4-2)8-17-12)9-11-5-6-15(19)14(16)7-11/h5-7,12-13,17,19H,3-4,8-10H2,1-2H3. The van der Waals surface area contributed by atoms with Gasteiger partial charge in [-0.15, -0.1) is 0 Å². The van der Waals surface area contributed by atoms with Gasteiger partial charge in [0.1, 0.15) is 0 Å². The lowest BCUT2D eigenvalue weighted by Gasteiger charge is -2.40. The van der Waals surface area contributed by atoms with Gasteiger partial charge in [0.2, 0.25) is 0 Å². The van der Waals surface area contributed by atoms with Crippen LogP contribution in [-0.4, -0.2) is 35.2 Å². The van der Waals surface area contributed by atoms with Gasteiger partial charge in [0.15, 0.2) is 11.6 Å². The van der Waals surface area contributed by atoms with Crippen LogP contribution in [0.1, 0.15) is 32.3 Å². The van der Waals surface area contributed by atoms with E-state index in [1.807, 2.05) is 0 Å². The van der Waals surface area contributed by atoms with Gasteiger partial charge in [0.05, 0.1) is 0 Å². The molecule has 1 aromatic carbocycles. The first-order valence-corrected chi connectivity index (χ1v) is 7.08. The molecule has 1 fully saturated rings. The van der Waals surface area contributed by atoms with Crippen LogP contribution >= 0.6 is 0 Å². The summed E-state index contributed by atoms with van der Waals surface area (Å²) in [6, 6.07) is 5.69. The maximum absolute atomic E-state index is 13.4. The molecule has 0 aliphatic carbocycles. The third kappa shape index (κ3) is 3.45. The van der Waals surface area contributed by atoms with Crippen molar-refractivity contribution in [2.45, 2.75) is 45.3 Å². The molecular weight excluding hydrogens is 243 g/mol. The highest BCUT2D eigenvalue weighted by molar-refractivity contribution is 5.28. The van der Waals surface area contributed by atoms with Crippen molar-refractivity contribution in [1.82, 2.24) is 10.2 Å². The summed E-state index contributed by atoms with van der Waals surface area (Å²) in [7, 11) is 0. The summed E-state index contributed by atoms with van der Waals surface area (Å²) in [6.45, 7) is 7.10. The average Bonchev–Trinajstić information content (AvgIpc) is 2.43. The van der Waals surface area contributed by atoms with Crippen LogP contribution in [0.2, 0.25) is 0 Å². The SMILES string of the molecule is CCC1CN(Cc2ccc(O)c(F)c2)C(CC)CN1. The number of piperazine rings is 1. The van der Waals surface area contributed by atoms with E-state index in [2.05, 4.69) is 24.1 Å². The van der Waals surface area contributed by atoms with Gasteiger partial charge in [-0.25, -0.2) is 4.39 Å². The van der Waals surface area contributed by atoms with E-state index in [1.54, 1.807) is 6.07 Å². The molecule has 1 aliphatic rings. The Morgan fingerprint density at radius 1 is 1.37 bits per heavy atom. The predicted octanol–water partition coefficient (Wildman–Crippen LogP) is 2.49. The van der Waals surface area contributed by atoms with Gasteiger partial charge in [-0.1, -0.05) is 19.9 Å². The Hall–Kier alpha value is -1.13. The lowest BCUT2D eigenvalue weighted by Crippen LogP contribution is -2.55. The van der Waals surface area contributed by atoms with E-state index in [0.29, 0.717) is 12.1 Å². The second-order valence-corrected chi connectivity index (χ2v) is 5.29. The quantitative estimate of drug-likeness (QED) is 0.879. The van der Waals surface area contributed by atoms with E-state index in [-0.39, 0.29) is 5.75 Å². The van der Waals surface area contributed by atoms with Crippen molar-refractivity contribution in [3.63, 3.8) is 0 Å². The minimum Gasteiger partial charge on any atom is -0.505 e. The fraction of sp³-hybridized carbons (Fsp3) is 0.600. The summed E-state index contributed by atoms with van der Waals surface area (Å²) in [4.78, 5) is 2.41. The second-order valence-electron chi connectivity index (χ2n) is 5.29. The molecule has 2 atom stereocenters. The Balaban J connectivity index is 2.07. The third-order valence-electron chi connectivity index (χ3n) is 3.98. The Kier molecular flexibility index (Phi) is 4.77. The van der Waals surface area contributed by atoms with Crippen LogP contribution in [0.15, 0.2) is 18.2 Å². The van der Waals surface area contributed by atoms with Gasteiger partial charge in [0, 0.05) is 31.7 Å². The molecule has 0 aromatic heterocycles. The Bertz CT molecular complexity index is 425. The van der Waals surface area contributed by atoms with E-state index in [1.165, 1.54) is 12.1 Å². The number of phenolic OH excluding ortho intramolecular Hbond substituents is 1. The first-order chi connectivity index (χ1) is 9.13. The first kappa shape index (κ1) is 14.3. The molecule has 2 N–H and O–H groups in total. The smallest absolute Gasteiger partial charge is 0.165 e. The Morgan fingerprint density at radius 2 is 2.16 bits per heavy atom. The molecule has 1 aliphatic heterocycles. The van der Waals surface area contributed by atoms with Crippen molar-refractivity contribution in [3.05, 3.63) is 29.6 Å². The highest BCUT2D eigenvalue weighted by Crippen LogP contribution is 2.20. The molecule has 1 aromatic rings. The van der Waals surface area contributed by atoms with E-state index in [9.17, 15) is 9.50 Å². The molecule has 0 spiro atoms. The highest BCUT2D eigenvalue weighted by atomic mass is 19.1. The molecule has 2 rings (SSSR count). The van der Waals surface area contributed by atoms with Crippen molar-refractivity contribution in [2.24, 2.45) is 0 Å². The van der Waals surface area contributed by atoms with Crippen LogP contribution in [0, 0.1) is 5.82 Å².